The average Bonchev–Trinajstić information content (AvgIpc) is 3.12. The smallest absolute Gasteiger partial charge is 0.325 e. The molecule has 23 heavy (non-hydrogen) atoms. The van der Waals surface area contributed by atoms with Crippen molar-refractivity contribution in [3.63, 3.8) is 0 Å². The fourth-order valence-electron chi connectivity index (χ4n) is 3.17. The summed E-state index contributed by atoms with van der Waals surface area (Å²) in [7, 11) is 0. The van der Waals surface area contributed by atoms with Crippen molar-refractivity contribution in [2.24, 2.45) is 0 Å². The molecule has 0 unspecified atom stereocenters. The number of nitrogens with zero attached hydrogens (tertiary/aromatic N) is 4. The summed E-state index contributed by atoms with van der Waals surface area (Å²) in [5.74, 6) is 1.31. The van der Waals surface area contributed by atoms with Gasteiger partial charge < -0.3 is 9.84 Å². The van der Waals surface area contributed by atoms with E-state index in [1.807, 2.05) is 27.7 Å². The Morgan fingerprint density at radius 3 is 2.61 bits per heavy atom. The summed E-state index contributed by atoms with van der Waals surface area (Å²) in [5.41, 5.74) is -0.803. The van der Waals surface area contributed by atoms with Gasteiger partial charge >= 0.3 is 6.03 Å². The normalized spacial score (nSPS) is 25.4. The molecule has 8 nitrogen and oxygen atoms in total. The van der Waals surface area contributed by atoms with Crippen LogP contribution in [0.3, 0.4) is 0 Å². The van der Waals surface area contributed by atoms with Crippen molar-refractivity contribution in [1.29, 1.82) is 0 Å². The van der Waals surface area contributed by atoms with Crippen LogP contribution < -0.4 is 5.32 Å². The highest BCUT2D eigenvalue weighted by Gasteiger charge is 2.55. The first-order chi connectivity index (χ1) is 10.8. The Hall–Kier alpha value is -1.96. The topological polar surface area (TPSA) is 91.6 Å². The molecule has 0 bridgehead atoms. The predicted molar refractivity (Wildman–Crippen MR) is 81.5 cm³/mol. The molecule has 2 saturated heterocycles. The van der Waals surface area contributed by atoms with E-state index in [0.29, 0.717) is 37.8 Å². The lowest BCUT2D eigenvalue weighted by atomic mass is 9.99. The van der Waals surface area contributed by atoms with Crippen LogP contribution in [0.2, 0.25) is 0 Å². The summed E-state index contributed by atoms with van der Waals surface area (Å²) in [6.45, 7) is 9.37. The first-order valence-electron chi connectivity index (χ1n) is 8.03. The van der Waals surface area contributed by atoms with Gasteiger partial charge in [-0.2, -0.15) is 4.98 Å². The fraction of sp³-hybridized carbons (Fsp3) is 0.733. The van der Waals surface area contributed by atoms with Gasteiger partial charge in [-0.1, -0.05) is 19.0 Å². The lowest BCUT2D eigenvalue weighted by Crippen LogP contribution is -2.49. The number of carbonyl (C=O) groups is 2. The van der Waals surface area contributed by atoms with Crippen molar-refractivity contribution in [3.8, 4) is 0 Å². The molecular weight excluding hydrogens is 298 g/mol. The van der Waals surface area contributed by atoms with Gasteiger partial charge in [-0.05, 0) is 20.3 Å². The maximum absolute atomic E-state index is 12.6. The molecule has 2 aliphatic rings. The van der Waals surface area contributed by atoms with E-state index in [4.69, 9.17) is 4.52 Å². The lowest BCUT2D eigenvalue weighted by Gasteiger charge is -2.22. The zero-order valence-electron chi connectivity index (χ0n) is 14.0. The van der Waals surface area contributed by atoms with E-state index in [9.17, 15) is 9.59 Å². The number of rotatable bonds is 4. The highest BCUT2D eigenvalue weighted by atomic mass is 16.5. The Labute approximate surface area is 135 Å². The summed E-state index contributed by atoms with van der Waals surface area (Å²) in [5, 5.41) is 6.83. The third kappa shape index (κ3) is 2.71. The van der Waals surface area contributed by atoms with Crippen LogP contribution in [0.1, 0.15) is 51.7 Å². The molecule has 0 radical (unpaired) electrons. The standard InChI is InChI=1S/C15H23N5O3/c1-9(2)12-16-11(23-18-12)7-19-6-5-15(8-19)13(21)20(10(3)4)14(22)17-15/h9-10H,5-8H2,1-4H3,(H,17,22)/t15-/m1/s1. The largest absolute Gasteiger partial charge is 0.338 e. The van der Waals surface area contributed by atoms with Crippen molar-refractivity contribution < 1.29 is 14.1 Å². The quantitative estimate of drug-likeness (QED) is 0.835. The number of likely N-dealkylation sites (tertiary alicyclic amines) is 1. The number of carbonyl (C=O) groups excluding carboxylic acids is 2. The molecular formula is C15H23N5O3. The average molecular weight is 321 g/mol. The predicted octanol–water partition coefficient (Wildman–Crippen LogP) is 1.10. The Kier molecular flexibility index (Phi) is 3.87. The number of aromatic nitrogens is 2. The number of urea groups is 1. The molecule has 2 aliphatic heterocycles. The minimum atomic E-state index is -0.803. The van der Waals surface area contributed by atoms with Gasteiger partial charge in [-0.3, -0.25) is 14.6 Å². The SMILES string of the molecule is CC(C)c1noc(CN2CC[C@]3(C2)NC(=O)N(C(C)C)C3=O)n1. The first kappa shape index (κ1) is 15.9. The van der Waals surface area contributed by atoms with E-state index < -0.39 is 5.54 Å². The van der Waals surface area contributed by atoms with Crippen LogP contribution in [0, 0.1) is 0 Å². The molecule has 8 heteroatoms. The Morgan fingerprint density at radius 1 is 1.30 bits per heavy atom. The van der Waals surface area contributed by atoms with Crippen LogP contribution in [0.15, 0.2) is 4.52 Å². The van der Waals surface area contributed by atoms with Gasteiger partial charge in [0.25, 0.3) is 5.91 Å². The van der Waals surface area contributed by atoms with Crippen LogP contribution in [0.4, 0.5) is 4.79 Å². The molecule has 2 fully saturated rings. The molecule has 0 aliphatic carbocycles. The summed E-state index contributed by atoms with van der Waals surface area (Å²) in [6.07, 6.45) is 0.603. The number of hydrogen-bond acceptors (Lipinski definition) is 6. The van der Waals surface area contributed by atoms with Gasteiger partial charge in [0, 0.05) is 25.0 Å². The summed E-state index contributed by atoms with van der Waals surface area (Å²) < 4.78 is 5.26. The second kappa shape index (κ2) is 5.59. The van der Waals surface area contributed by atoms with E-state index in [-0.39, 0.29) is 23.9 Å². The number of amides is 3. The van der Waals surface area contributed by atoms with E-state index in [0.717, 1.165) is 0 Å². The van der Waals surface area contributed by atoms with E-state index in [1.165, 1.54) is 4.90 Å². The first-order valence-corrected chi connectivity index (χ1v) is 8.03. The zero-order chi connectivity index (χ0) is 16.8. The maximum atomic E-state index is 12.6. The third-order valence-electron chi connectivity index (χ3n) is 4.42. The monoisotopic (exact) mass is 321 g/mol. The maximum Gasteiger partial charge on any atom is 0.325 e. The Bertz CT molecular complexity index is 626. The zero-order valence-corrected chi connectivity index (χ0v) is 14.0. The van der Waals surface area contributed by atoms with Crippen molar-refractivity contribution in [2.75, 3.05) is 13.1 Å². The highest BCUT2D eigenvalue weighted by molar-refractivity contribution is 6.07. The second-order valence-corrected chi connectivity index (χ2v) is 6.94. The minimum Gasteiger partial charge on any atom is -0.338 e. The molecule has 1 spiro atoms. The van der Waals surface area contributed by atoms with Gasteiger partial charge in [-0.25, -0.2) is 4.79 Å². The molecule has 0 saturated carbocycles. The van der Waals surface area contributed by atoms with Gasteiger partial charge in [0.2, 0.25) is 5.89 Å². The lowest BCUT2D eigenvalue weighted by molar-refractivity contribution is -0.132. The molecule has 1 aromatic rings. The van der Waals surface area contributed by atoms with Gasteiger partial charge in [0.05, 0.1) is 6.54 Å². The van der Waals surface area contributed by atoms with Crippen LogP contribution in [0.25, 0.3) is 0 Å². The van der Waals surface area contributed by atoms with E-state index in [1.54, 1.807) is 0 Å². The number of hydrogen-bond donors (Lipinski definition) is 1. The molecule has 3 amide bonds. The molecule has 1 N–H and O–H groups in total. The summed E-state index contributed by atoms with van der Waals surface area (Å²) in [4.78, 5) is 32.4. The van der Waals surface area contributed by atoms with Crippen LogP contribution in [-0.4, -0.2) is 56.5 Å². The van der Waals surface area contributed by atoms with Crippen LogP contribution >= 0.6 is 0 Å². The van der Waals surface area contributed by atoms with Crippen molar-refractivity contribution in [3.05, 3.63) is 11.7 Å². The molecule has 1 aromatic heterocycles. The molecule has 126 valence electrons. The Morgan fingerprint density at radius 2 is 2.04 bits per heavy atom. The number of nitrogens with one attached hydrogen (secondary N) is 1. The number of imide groups is 1. The van der Waals surface area contributed by atoms with Gasteiger partial charge in [-0.15, -0.1) is 0 Å². The Balaban J connectivity index is 1.68. The van der Waals surface area contributed by atoms with Crippen LogP contribution in [-0.2, 0) is 11.3 Å². The molecule has 0 aromatic carbocycles. The van der Waals surface area contributed by atoms with Crippen LogP contribution in [0.5, 0.6) is 0 Å². The van der Waals surface area contributed by atoms with Gasteiger partial charge in [0.1, 0.15) is 5.54 Å². The van der Waals surface area contributed by atoms with Crippen molar-refractivity contribution >= 4 is 11.9 Å². The van der Waals surface area contributed by atoms with E-state index in [2.05, 4.69) is 20.4 Å². The summed E-state index contributed by atoms with van der Waals surface area (Å²) >= 11 is 0. The third-order valence-corrected chi connectivity index (χ3v) is 4.42. The summed E-state index contributed by atoms with van der Waals surface area (Å²) in [6, 6.07) is -0.438. The highest BCUT2D eigenvalue weighted by Crippen LogP contribution is 2.30. The fourth-order valence-corrected chi connectivity index (χ4v) is 3.17. The van der Waals surface area contributed by atoms with Crippen molar-refractivity contribution in [1.82, 2.24) is 25.3 Å². The molecule has 3 heterocycles. The second-order valence-electron chi connectivity index (χ2n) is 6.94. The minimum absolute atomic E-state index is 0.131. The van der Waals surface area contributed by atoms with Crippen molar-refractivity contribution in [2.45, 2.75) is 58.2 Å². The molecule has 1 atom stereocenters. The molecule has 3 rings (SSSR count). The van der Waals surface area contributed by atoms with Gasteiger partial charge in [0.15, 0.2) is 5.82 Å². The van der Waals surface area contributed by atoms with E-state index >= 15 is 0 Å².